The predicted octanol–water partition coefficient (Wildman–Crippen LogP) is -0.172. The molecule has 2 aromatic heterocycles. The molecule has 2 rings (SSSR count). The van der Waals surface area contributed by atoms with Crippen molar-refractivity contribution < 1.29 is 4.79 Å². The van der Waals surface area contributed by atoms with Crippen LogP contribution in [0.5, 0.6) is 0 Å². The lowest BCUT2D eigenvalue weighted by Gasteiger charge is -1.92. The van der Waals surface area contributed by atoms with Gasteiger partial charge in [0.25, 0.3) is 5.91 Å². The van der Waals surface area contributed by atoms with E-state index in [9.17, 15) is 4.79 Å². The van der Waals surface area contributed by atoms with E-state index in [1.165, 1.54) is 6.33 Å². The van der Waals surface area contributed by atoms with Crippen molar-refractivity contribution in [3.8, 4) is 0 Å². The fraction of sp³-hybridized carbons (Fsp3) is 0. The zero-order valence-corrected chi connectivity index (χ0v) is 6.14. The summed E-state index contributed by atoms with van der Waals surface area (Å²) in [6.07, 6.45) is 4.63. The highest BCUT2D eigenvalue weighted by molar-refractivity contribution is 5.98. The summed E-state index contributed by atoms with van der Waals surface area (Å²) in [5.41, 5.74) is 6.07. The zero-order valence-electron chi connectivity index (χ0n) is 6.14. The Morgan fingerprint density at radius 1 is 1.58 bits per heavy atom. The van der Waals surface area contributed by atoms with Gasteiger partial charge >= 0.3 is 0 Å². The molecule has 0 aliphatic heterocycles. The van der Waals surface area contributed by atoms with Gasteiger partial charge in [0.1, 0.15) is 12.7 Å². The van der Waals surface area contributed by atoms with E-state index in [0.717, 1.165) is 0 Å². The van der Waals surface area contributed by atoms with E-state index in [4.69, 9.17) is 5.73 Å². The SMILES string of the molecule is NC(=O)c1ccn2cncnc12. The number of hydrogen-bond acceptors (Lipinski definition) is 3. The molecule has 2 aromatic rings. The number of aromatic nitrogens is 3. The first-order chi connectivity index (χ1) is 5.79. The van der Waals surface area contributed by atoms with Gasteiger partial charge in [-0.25, -0.2) is 9.97 Å². The highest BCUT2D eigenvalue weighted by Gasteiger charge is 2.07. The Balaban J connectivity index is 2.79. The molecule has 0 bridgehead atoms. The molecule has 12 heavy (non-hydrogen) atoms. The third-order valence-electron chi connectivity index (χ3n) is 1.59. The minimum absolute atomic E-state index is 0.414. The number of nitrogens with zero attached hydrogens (tertiary/aromatic N) is 3. The molecule has 0 aromatic carbocycles. The molecular formula is C7H6N4O. The van der Waals surface area contributed by atoms with Gasteiger partial charge in [0.15, 0.2) is 5.65 Å². The molecule has 0 spiro atoms. The number of hydrogen-bond donors (Lipinski definition) is 1. The van der Waals surface area contributed by atoms with Gasteiger partial charge in [-0.15, -0.1) is 0 Å². The van der Waals surface area contributed by atoms with Crippen LogP contribution in [-0.4, -0.2) is 20.3 Å². The van der Waals surface area contributed by atoms with Crippen LogP contribution < -0.4 is 5.73 Å². The van der Waals surface area contributed by atoms with Gasteiger partial charge in [-0.2, -0.15) is 0 Å². The van der Waals surface area contributed by atoms with Crippen molar-refractivity contribution in [3.05, 3.63) is 30.5 Å². The third-order valence-corrected chi connectivity index (χ3v) is 1.59. The second-order valence-corrected chi connectivity index (χ2v) is 2.33. The average Bonchev–Trinajstić information content (AvgIpc) is 2.47. The van der Waals surface area contributed by atoms with Crippen molar-refractivity contribution in [1.82, 2.24) is 14.4 Å². The fourth-order valence-corrected chi connectivity index (χ4v) is 1.05. The Bertz CT molecular complexity index is 434. The average molecular weight is 162 g/mol. The summed E-state index contributed by atoms with van der Waals surface area (Å²) in [4.78, 5) is 18.5. The minimum atomic E-state index is -0.476. The maximum atomic E-state index is 10.8. The number of amides is 1. The van der Waals surface area contributed by atoms with Gasteiger partial charge in [0, 0.05) is 6.20 Å². The van der Waals surface area contributed by atoms with Crippen molar-refractivity contribution in [2.75, 3.05) is 0 Å². The lowest BCUT2D eigenvalue weighted by atomic mass is 10.3. The third kappa shape index (κ3) is 0.833. The van der Waals surface area contributed by atoms with Crippen LogP contribution in [0.1, 0.15) is 10.4 Å². The molecule has 5 heteroatoms. The number of fused-ring (bicyclic) bond motifs is 1. The molecule has 0 unspecified atom stereocenters. The second-order valence-electron chi connectivity index (χ2n) is 2.33. The zero-order chi connectivity index (χ0) is 8.55. The molecule has 1 amide bonds. The molecule has 2 N–H and O–H groups in total. The maximum Gasteiger partial charge on any atom is 0.252 e. The van der Waals surface area contributed by atoms with Crippen LogP contribution in [0.4, 0.5) is 0 Å². The molecule has 0 aliphatic rings. The normalized spacial score (nSPS) is 10.3. The summed E-state index contributed by atoms with van der Waals surface area (Å²) in [6, 6.07) is 1.62. The van der Waals surface area contributed by atoms with Crippen LogP contribution in [0.25, 0.3) is 5.65 Å². The summed E-state index contributed by atoms with van der Waals surface area (Å²) >= 11 is 0. The van der Waals surface area contributed by atoms with Crippen LogP contribution in [0.15, 0.2) is 24.9 Å². The predicted molar refractivity (Wildman–Crippen MR) is 41.5 cm³/mol. The van der Waals surface area contributed by atoms with Crippen molar-refractivity contribution in [3.63, 3.8) is 0 Å². The highest BCUT2D eigenvalue weighted by Crippen LogP contribution is 2.06. The van der Waals surface area contributed by atoms with Crippen LogP contribution in [-0.2, 0) is 0 Å². The highest BCUT2D eigenvalue weighted by atomic mass is 16.1. The van der Waals surface area contributed by atoms with Gasteiger partial charge in [-0.1, -0.05) is 0 Å². The molecule has 0 fully saturated rings. The first kappa shape index (κ1) is 6.78. The van der Waals surface area contributed by atoms with Gasteiger partial charge in [0.05, 0.1) is 5.56 Å². The number of rotatable bonds is 1. The van der Waals surface area contributed by atoms with Gasteiger partial charge in [-0.3, -0.25) is 9.20 Å². The topological polar surface area (TPSA) is 73.3 Å². The number of carbonyl (C=O) groups is 1. The van der Waals surface area contributed by atoms with Crippen molar-refractivity contribution in [1.29, 1.82) is 0 Å². The van der Waals surface area contributed by atoms with Crippen LogP contribution in [0, 0.1) is 0 Å². The van der Waals surface area contributed by atoms with E-state index in [2.05, 4.69) is 9.97 Å². The number of primary amides is 1. The lowest BCUT2D eigenvalue weighted by molar-refractivity contribution is 0.100. The lowest BCUT2D eigenvalue weighted by Crippen LogP contribution is -2.10. The van der Waals surface area contributed by atoms with E-state index in [1.807, 2.05) is 0 Å². The van der Waals surface area contributed by atoms with Gasteiger partial charge in [0.2, 0.25) is 0 Å². The molecule has 5 nitrogen and oxygen atoms in total. The van der Waals surface area contributed by atoms with E-state index in [-0.39, 0.29) is 0 Å². The molecule has 2 heterocycles. The molecule has 0 atom stereocenters. The Morgan fingerprint density at radius 2 is 2.42 bits per heavy atom. The molecule has 0 saturated carbocycles. The second kappa shape index (κ2) is 2.30. The smallest absolute Gasteiger partial charge is 0.252 e. The molecule has 60 valence electrons. The summed E-state index contributed by atoms with van der Waals surface area (Å²) in [7, 11) is 0. The largest absolute Gasteiger partial charge is 0.365 e. The van der Waals surface area contributed by atoms with Gasteiger partial charge < -0.3 is 5.73 Å². The quantitative estimate of drug-likeness (QED) is 0.632. The number of carbonyl (C=O) groups excluding carboxylic acids is 1. The molecule has 0 radical (unpaired) electrons. The summed E-state index contributed by atoms with van der Waals surface area (Å²) in [6.45, 7) is 0. The molecular weight excluding hydrogens is 156 g/mol. The Morgan fingerprint density at radius 3 is 3.17 bits per heavy atom. The molecule has 0 aliphatic carbocycles. The maximum absolute atomic E-state index is 10.8. The standard InChI is InChI=1S/C7H6N4O/c8-6(12)5-1-2-11-4-9-3-10-7(5)11/h1-4H,(H2,8,12). The van der Waals surface area contributed by atoms with Crippen molar-refractivity contribution in [2.24, 2.45) is 5.73 Å². The van der Waals surface area contributed by atoms with E-state index in [1.54, 1.807) is 23.0 Å². The molecule has 0 saturated heterocycles. The Hall–Kier alpha value is -1.91. The van der Waals surface area contributed by atoms with Crippen molar-refractivity contribution in [2.45, 2.75) is 0 Å². The number of nitrogens with two attached hydrogens (primary N) is 1. The van der Waals surface area contributed by atoms with Crippen LogP contribution in [0.2, 0.25) is 0 Å². The van der Waals surface area contributed by atoms with E-state index in [0.29, 0.717) is 11.2 Å². The van der Waals surface area contributed by atoms with Crippen LogP contribution >= 0.6 is 0 Å². The first-order valence-corrected chi connectivity index (χ1v) is 3.35. The van der Waals surface area contributed by atoms with Gasteiger partial charge in [-0.05, 0) is 6.07 Å². The van der Waals surface area contributed by atoms with E-state index < -0.39 is 5.91 Å². The summed E-state index contributed by atoms with van der Waals surface area (Å²) in [5.74, 6) is -0.476. The Kier molecular flexibility index (Phi) is 1.30. The first-order valence-electron chi connectivity index (χ1n) is 3.35. The minimum Gasteiger partial charge on any atom is -0.365 e. The monoisotopic (exact) mass is 162 g/mol. The summed E-state index contributed by atoms with van der Waals surface area (Å²) < 4.78 is 1.64. The van der Waals surface area contributed by atoms with E-state index >= 15 is 0 Å². The Labute approximate surface area is 67.9 Å². The fourth-order valence-electron chi connectivity index (χ4n) is 1.05. The van der Waals surface area contributed by atoms with Crippen molar-refractivity contribution >= 4 is 11.6 Å². The van der Waals surface area contributed by atoms with Crippen LogP contribution in [0.3, 0.4) is 0 Å². The summed E-state index contributed by atoms with van der Waals surface area (Å²) in [5, 5.41) is 0.